The number of hydrazone groups is 1. The lowest BCUT2D eigenvalue weighted by Gasteiger charge is -2.02. The second-order valence-corrected chi connectivity index (χ2v) is 3.25. The monoisotopic (exact) mass is 246 g/mol. The highest BCUT2D eigenvalue weighted by Crippen LogP contribution is 2.20. The summed E-state index contributed by atoms with van der Waals surface area (Å²) in [5, 5.41) is 3.79. The highest BCUT2D eigenvalue weighted by molar-refractivity contribution is 6.82. The van der Waals surface area contributed by atoms with Gasteiger partial charge in [0, 0.05) is 0 Å². The standard InChI is InChI=1S/C9H8Cl2N2O2/c1-15-9(14)8(11)13-12-7-5-3-2-4-6(7)10/h2-5,12H,1H3/b13-8+. The Hall–Kier alpha value is -1.26. The van der Waals surface area contributed by atoms with Gasteiger partial charge in [0.25, 0.3) is 0 Å². The van der Waals surface area contributed by atoms with Crippen LogP contribution in [0.4, 0.5) is 5.69 Å². The maximum atomic E-state index is 10.9. The van der Waals surface area contributed by atoms with Crippen molar-refractivity contribution < 1.29 is 9.53 Å². The first kappa shape index (κ1) is 11.8. The SMILES string of the molecule is COC(=O)/C(Cl)=N\Nc1ccccc1Cl. The van der Waals surface area contributed by atoms with Gasteiger partial charge in [-0.25, -0.2) is 4.79 Å². The van der Waals surface area contributed by atoms with Crippen molar-refractivity contribution in [3.05, 3.63) is 29.3 Å². The highest BCUT2D eigenvalue weighted by Gasteiger charge is 2.07. The average molecular weight is 247 g/mol. The summed E-state index contributed by atoms with van der Waals surface area (Å²) in [4.78, 5) is 10.9. The average Bonchev–Trinajstić information content (AvgIpc) is 2.26. The fourth-order valence-corrected chi connectivity index (χ4v) is 1.09. The first-order chi connectivity index (χ1) is 7.15. The number of anilines is 1. The van der Waals surface area contributed by atoms with Gasteiger partial charge < -0.3 is 4.74 Å². The molecule has 0 spiro atoms. The summed E-state index contributed by atoms with van der Waals surface area (Å²) in [5.74, 6) is -0.712. The Bertz CT molecular complexity index is 393. The minimum absolute atomic E-state index is 0.294. The highest BCUT2D eigenvalue weighted by atomic mass is 35.5. The summed E-state index contributed by atoms with van der Waals surface area (Å²) in [6.07, 6.45) is 0. The van der Waals surface area contributed by atoms with E-state index in [0.29, 0.717) is 10.7 Å². The molecule has 0 bridgehead atoms. The molecule has 0 saturated carbocycles. The van der Waals surface area contributed by atoms with Crippen LogP contribution >= 0.6 is 23.2 Å². The zero-order valence-corrected chi connectivity index (χ0v) is 9.34. The van der Waals surface area contributed by atoms with Crippen molar-refractivity contribution in [3.8, 4) is 0 Å². The van der Waals surface area contributed by atoms with E-state index in [4.69, 9.17) is 23.2 Å². The molecule has 1 N–H and O–H groups in total. The molecule has 0 atom stereocenters. The van der Waals surface area contributed by atoms with E-state index in [0.717, 1.165) is 0 Å². The van der Waals surface area contributed by atoms with Gasteiger partial charge in [0.2, 0.25) is 5.17 Å². The molecule has 0 saturated heterocycles. The normalized spacial score (nSPS) is 11.0. The molecule has 80 valence electrons. The molecule has 0 unspecified atom stereocenters. The smallest absolute Gasteiger partial charge is 0.370 e. The second kappa shape index (κ2) is 5.58. The van der Waals surface area contributed by atoms with Crippen LogP contribution in [0, 0.1) is 0 Å². The van der Waals surface area contributed by atoms with E-state index in [1.54, 1.807) is 24.3 Å². The first-order valence-corrected chi connectivity index (χ1v) is 4.72. The van der Waals surface area contributed by atoms with Gasteiger partial charge in [-0.15, -0.1) is 0 Å². The molecule has 0 radical (unpaired) electrons. The van der Waals surface area contributed by atoms with Crippen molar-refractivity contribution in [3.63, 3.8) is 0 Å². The Labute approximate surface area is 96.8 Å². The largest absolute Gasteiger partial charge is 0.464 e. The molecule has 1 aromatic rings. The van der Waals surface area contributed by atoms with Gasteiger partial charge in [0.15, 0.2) is 0 Å². The Balaban J connectivity index is 2.72. The molecular weight excluding hydrogens is 239 g/mol. The van der Waals surface area contributed by atoms with Crippen LogP contribution in [-0.2, 0) is 9.53 Å². The number of rotatable bonds is 3. The molecular formula is C9H8Cl2N2O2. The number of nitrogens with one attached hydrogen (secondary N) is 1. The molecule has 1 aromatic carbocycles. The Morgan fingerprint density at radius 2 is 2.13 bits per heavy atom. The third kappa shape index (κ3) is 3.42. The van der Waals surface area contributed by atoms with Gasteiger partial charge in [-0.1, -0.05) is 35.3 Å². The number of benzene rings is 1. The van der Waals surface area contributed by atoms with Gasteiger partial charge in [-0.3, -0.25) is 5.43 Å². The van der Waals surface area contributed by atoms with Crippen LogP contribution in [0.3, 0.4) is 0 Å². The predicted molar refractivity (Wildman–Crippen MR) is 60.4 cm³/mol. The fourth-order valence-electron chi connectivity index (χ4n) is 0.791. The van der Waals surface area contributed by atoms with E-state index in [1.165, 1.54) is 7.11 Å². The second-order valence-electron chi connectivity index (χ2n) is 2.49. The lowest BCUT2D eigenvalue weighted by Crippen LogP contribution is -2.11. The van der Waals surface area contributed by atoms with E-state index < -0.39 is 5.97 Å². The van der Waals surface area contributed by atoms with Gasteiger partial charge >= 0.3 is 5.97 Å². The minimum Gasteiger partial charge on any atom is -0.464 e. The Morgan fingerprint density at radius 3 is 2.73 bits per heavy atom. The van der Waals surface area contributed by atoms with Crippen molar-refractivity contribution in [1.29, 1.82) is 0 Å². The van der Waals surface area contributed by atoms with E-state index in [2.05, 4.69) is 15.3 Å². The molecule has 4 nitrogen and oxygen atoms in total. The topological polar surface area (TPSA) is 50.7 Å². The van der Waals surface area contributed by atoms with Crippen LogP contribution in [0.5, 0.6) is 0 Å². The van der Waals surface area contributed by atoms with E-state index in [-0.39, 0.29) is 5.17 Å². The van der Waals surface area contributed by atoms with Crippen molar-refractivity contribution in [2.24, 2.45) is 5.10 Å². The number of para-hydroxylation sites is 1. The lowest BCUT2D eigenvalue weighted by atomic mass is 10.3. The quantitative estimate of drug-likeness (QED) is 0.507. The number of hydrogen-bond donors (Lipinski definition) is 1. The van der Waals surface area contributed by atoms with Crippen molar-refractivity contribution in [2.75, 3.05) is 12.5 Å². The molecule has 0 heterocycles. The molecule has 15 heavy (non-hydrogen) atoms. The minimum atomic E-state index is -0.712. The summed E-state index contributed by atoms with van der Waals surface area (Å²) >= 11 is 11.3. The summed E-state index contributed by atoms with van der Waals surface area (Å²) in [6.45, 7) is 0. The first-order valence-electron chi connectivity index (χ1n) is 3.97. The summed E-state index contributed by atoms with van der Waals surface area (Å²) in [7, 11) is 1.22. The van der Waals surface area contributed by atoms with Crippen LogP contribution in [0.25, 0.3) is 0 Å². The molecule has 1 rings (SSSR count). The zero-order chi connectivity index (χ0) is 11.3. The number of halogens is 2. The molecule has 6 heteroatoms. The van der Waals surface area contributed by atoms with Gasteiger partial charge in [0.1, 0.15) is 0 Å². The molecule has 0 fully saturated rings. The van der Waals surface area contributed by atoms with E-state index in [9.17, 15) is 4.79 Å². The van der Waals surface area contributed by atoms with Crippen LogP contribution in [0.15, 0.2) is 29.4 Å². The molecule has 0 amide bonds. The third-order valence-corrected chi connectivity index (χ3v) is 2.07. The molecule has 0 aromatic heterocycles. The van der Waals surface area contributed by atoms with Crippen LogP contribution in [-0.4, -0.2) is 18.2 Å². The molecule has 0 aliphatic rings. The maximum Gasteiger partial charge on any atom is 0.370 e. The maximum absolute atomic E-state index is 10.9. The number of hydrogen-bond acceptors (Lipinski definition) is 4. The predicted octanol–water partition coefficient (Wildman–Crippen LogP) is 2.48. The van der Waals surface area contributed by atoms with Crippen LogP contribution in [0.2, 0.25) is 5.02 Å². The van der Waals surface area contributed by atoms with Crippen molar-refractivity contribution >= 4 is 40.0 Å². The van der Waals surface area contributed by atoms with Crippen LogP contribution < -0.4 is 5.43 Å². The third-order valence-electron chi connectivity index (χ3n) is 1.50. The number of methoxy groups -OCH3 is 1. The summed E-state index contributed by atoms with van der Waals surface area (Å²) < 4.78 is 4.36. The van der Waals surface area contributed by atoms with Crippen molar-refractivity contribution in [1.82, 2.24) is 0 Å². The zero-order valence-electron chi connectivity index (χ0n) is 7.83. The lowest BCUT2D eigenvalue weighted by molar-refractivity contribution is -0.132. The number of carbonyl (C=O) groups is 1. The van der Waals surface area contributed by atoms with Gasteiger partial charge in [-0.2, -0.15) is 5.10 Å². The van der Waals surface area contributed by atoms with Crippen LogP contribution in [0.1, 0.15) is 0 Å². The van der Waals surface area contributed by atoms with E-state index in [1.807, 2.05) is 0 Å². The fraction of sp³-hybridized carbons (Fsp3) is 0.111. The number of ether oxygens (including phenoxy) is 1. The van der Waals surface area contributed by atoms with Crippen molar-refractivity contribution in [2.45, 2.75) is 0 Å². The molecule has 0 aliphatic carbocycles. The van der Waals surface area contributed by atoms with Gasteiger partial charge in [0.05, 0.1) is 17.8 Å². The van der Waals surface area contributed by atoms with E-state index >= 15 is 0 Å². The van der Waals surface area contributed by atoms with Gasteiger partial charge in [-0.05, 0) is 12.1 Å². The number of esters is 1. The number of carbonyl (C=O) groups excluding carboxylic acids is 1. The Kier molecular flexibility index (Phi) is 4.39. The summed E-state index contributed by atoms with van der Waals surface area (Å²) in [5.41, 5.74) is 3.11. The Morgan fingerprint density at radius 1 is 1.47 bits per heavy atom. The molecule has 0 aliphatic heterocycles. The number of nitrogens with zero attached hydrogens (tertiary/aromatic N) is 1. The summed E-state index contributed by atoms with van der Waals surface area (Å²) in [6, 6.07) is 6.94.